The van der Waals surface area contributed by atoms with Gasteiger partial charge in [-0.3, -0.25) is 0 Å². The first-order valence-electron chi connectivity index (χ1n) is 6.61. The summed E-state index contributed by atoms with van der Waals surface area (Å²) < 4.78 is 0. The molecule has 1 aromatic carbocycles. The highest BCUT2D eigenvalue weighted by Gasteiger charge is 2.35. The summed E-state index contributed by atoms with van der Waals surface area (Å²) >= 11 is 0. The van der Waals surface area contributed by atoms with Crippen LogP contribution in [0.4, 0.5) is 5.69 Å². The molecule has 0 heterocycles. The first-order chi connectivity index (χ1) is 8.15. The number of rotatable bonds is 5. The second kappa shape index (κ2) is 5.09. The van der Waals surface area contributed by atoms with Crippen LogP contribution in [0.2, 0.25) is 0 Å². The van der Waals surface area contributed by atoms with Crippen molar-refractivity contribution >= 4 is 5.69 Å². The van der Waals surface area contributed by atoms with Gasteiger partial charge in [-0.1, -0.05) is 24.1 Å². The van der Waals surface area contributed by atoms with Crippen LogP contribution < -0.4 is 10.6 Å². The quantitative estimate of drug-likeness (QED) is 0.815. The van der Waals surface area contributed by atoms with E-state index >= 15 is 0 Å². The molecule has 0 amide bonds. The van der Waals surface area contributed by atoms with Crippen LogP contribution in [0.15, 0.2) is 18.2 Å². The second-order valence-corrected chi connectivity index (χ2v) is 5.56. The molecule has 2 heteroatoms. The largest absolute Gasteiger partial charge is 0.384 e. The fraction of sp³-hybridized carbons (Fsp3) is 0.600. The smallest absolute Gasteiger partial charge is 0.0370 e. The van der Waals surface area contributed by atoms with Gasteiger partial charge in [-0.25, -0.2) is 0 Å². The molecule has 0 bridgehead atoms. The monoisotopic (exact) mass is 232 g/mol. The maximum Gasteiger partial charge on any atom is 0.0370 e. The zero-order valence-electron chi connectivity index (χ0n) is 11.3. The highest BCUT2D eigenvalue weighted by Crippen LogP contribution is 2.40. The molecule has 0 radical (unpaired) electrons. The Morgan fingerprint density at radius 1 is 1.18 bits per heavy atom. The summed E-state index contributed by atoms with van der Waals surface area (Å²) in [7, 11) is 2.05. The molecule has 1 aliphatic rings. The van der Waals surface area contributed by atoms with Gasteiger partial charge in [-0.15, -0.1) is 0 Å². The van der Waals surface area contributed by atoms with Crippen molar-refractivity contribution in [2.75, 3.05) is 25.5 Å². The lowest BCUT2D eigenvalue weighted by atomic mass is 9.68. The maximum atomic E-state index is 3.63. The van der Waals surface area contributed by atoms with Crippen LogP contribution in [0.5, 0.6) is 0 Å². The zero-order valence-corrected chi connectivity index (χ0v) is 11.3. The van der Waals surface area contributed by atoms with Crippen molar-refractivity contribution in [3.05, 3.63) is 29.3 Å². The van der Waals surface area contributed by atoms with E-state index in [9.17, 15) is 0 Å². The van der Waals surface area contributed by atoms with E-state index in [-0.39, 0.29) is 0 Å². The zero-order chi connectivity index (χ0) is 12.3. The van der Waals surface area contributed by atoms with Gasteiger partial charge in [-0.05, 0) is 45.4 Å². The molecule has 0 aliphatic heterocycles. The SMILES string of the molecule is CNCC1(CNc2ccc(C)cc2C)CCC1. The first kappa shape index (κ1) is 12.4. The third kappa shape index (κ3) is 2.81. The van der Waals surface area contributed by atoms with E-state index < -0.39 is 0 Å². The van der Waals surface area contributed by atoms with Gasteiger partial charge in [0.1, 0.15) is 0 Å². The number of nitrogens with one attached hydrogen (secondary N) is 2. The lowest BCUT2D eigenvalue weighted by Gasteiger charge is -2.42. The van der Waals surface area contributed by atoms with E-state index in [1.54, 1.807) is 0 Å². The summed E-state index contributed by atoms with van der Waals surface area (Å²) in [5, 5.41) is 6.96. The van der Waals surface area contributed by atoms with Gasteiger partial charge < -0.3 is 10.6 Å². The molecular formula is C15H24N2. The van der Waals surface area contributed by atoms with Gasteiger partial charge >= 0.3 is 0 Å². The van der Waals surface area contributed by atoms with Gasteiger partial charge in [0.25, 0.3) is 0 Å². The summed E-state index contributed by atoms with van der Waals surface area (Å²) in [6, 6.07) is 6.63. The van der Waals surface area contributed by atoms with Crippen LogP contribution in [0.3, 0.4) is 0 Å². The lowest BCUT2D eigenvalue weighted by molar-refractivity contribution is 0.151. The lowest BCUT2D eigenvalue weighted by Crippen LogP contribution is -2.44. The van der Waals surface area contributed by atoms with Crippen molar-refractivity contribution in [2.24, 2.45) is 5.41 Å². The summed E-state index contributed by atoms with van der Waals surface area (Å²) in [5.74, 6) is 0. The molecule has 1 aliphatic carbocycles. The molecule has 17 heavy (non-hydrogen) atoms. The minimum atomic E-state index is 0.492. The Bertz CT molecular complexity index is 381. The third-order valence-corrected chi connectivity index (χ3v) is 4.00. The Morgan fingerprint density at radius 3 is 2.47 bits per heavy atom. The molecule has 94 valence electrons. The highest BCUT2D eigenvalue weighted by atomic mass is 14.9. The van der Waals surface area contributed by atoms with E-state index in [2.05, 4.69) is 49.7 Å². The van der Waals surface area contributed by atoms with Crippen molar-refractivity contribution in [3.8, 4) is 0 Å². The van der Waals surface area contributed by atoms with E-state index in [0.29, 0.717) is 5.41 Å². The van der Waals surface area contributed by atoms with E-state index in [1.165, 1.54) is 36.1 Å². The number of hydrogen-bond acceptors (Lipinski definition) is 2. The van der Waals surface area contributed by atoms with E-state index in [4.69, 9.17) is 0 Å². The van der Waals surface area contributed by atoms with Crippen LogP contribution in [0, 0.1) is 19.3 Å². The molecule has 1 saturated carbocycles. The average molecular weight is 232 g/mol. The van der Waals surface area contributed by atoms with Crippen molar-refractivity contribution < 1.29 is 0 Å². The summed E-state index contributed by atoms with van der Waals surface area (Å²) in [6.45, 7) is 6.55. The Balaban J connectivity index is 1.97. The van der Waals surface area contributed by atoms with Gasteiger partial charge in [-0.2, -0.15) is 0 Å². The average Bonchev–Trinajstić information content (AvgIpc) is 2.24. The topological polar surface area (TPSA) is 24.1 Å². The molecule has 0 unspecified atom stereocenters. The molecule has 0 atom stereocenters. The number of anilines is 1. The van der Waals surface area contributed by atoms with Crippen LogP contribution in [0.25, 0.3) is 0 Å². The Morgan fingerprint density at radius 2 is 1.94 bits per heavy atom. The Hall–Kier alpha value is -1.02. The number of hydrogen-bond donors (Lipinski definition) is 2. The minimum absolute atomic E-state index is 0.492. The van der Waals surface area contributed by atoms with E-state index in [1.807, 2.05) is 0 Å². The predicted octanol–water partition coefficient (Wildman–Crippen LogP) is 3.11. The number of aryl methyl sites for hydroxylation is 2. The van der Waals surface area contributed by atoms with Crippen LogP contribution in [-0.4, -0.2) is 20.1 Å². The third-order valence-electron chi connectivity index (χ3n) is 4.00. The van der Waals surface area contributed by atoms with Gasteiger partial charge in [0, 0.05) is 24.2 Å². The van der Waals surface area contributed by atoms with Crippen LogP contribution >= 0.6 is 0 Å². The van der Waals surface area contributed by atoms with Crippen molar-refractivity contribution in [3.63, 3.8) is 0 Å². The first-order valence-corrected chi connectivity index (χ1v) is 6.61. The minimum Gasteiger partial charge on any atom is -0.384 e. The molecule has 2 rings (SSSR count). The highest BCUT2D eigenvalue weighted by molar-refractivity contribution is 5.52. The fourth-order valence-corrected chi connectivity index (χ4v) is 2.76. The summed E-state index contributed by atoms with van der Waals surface area (Å²) in [5.41, 5.74) is 4.47. The Labute approximate surface area is 105 Å². The molecule has 2 N–H and O–H groups in total. The van der Waals surface area contributed by atoms with Gasteiger partial charge in [0.15, 0.2) is 0 Å². The predicted molar refractivity (Wildman–Crippen MR) is 74.6 cm³/mol. The molecule has 0 spiro atoms. The summed E-state index contributed by atoms with van der Waals surface area (Å²) in [6.07, 6.45) is 4.09. The summed E-state index contributed by atoms with van der Waals surface area (Å²) in [4.78, 5) is 0. The van der Waals surface area contributed by atoms with Crippen molar-refractivity contribution in [2.45, 2.75) is 33.1 Å². The second-order valence-electron chi connectivity index (χ2n) is 5.56. The number of benzene rings is 1. The molecule has 1 fully saturated rings. The normalized spacial score (nSPS) is 17.6. The van der Waals surface area contributed by atoms with E-state index in [0.717, 1.165) is 13.1 Å². The molecule has 1 aromatic rings. The maximum absolute atomic E-state index is 3.63. The van der Waals surface area contributed by atoms with Gasteiger partial charge in [0.05, 0.1) is 0 Å². The van der Waals surface area contributed by atoms with Crippen LogP contribution in [-0.2, 0) is 0 Å². The standard InChI is InChI=1S/C15H24N2/c1-12-5-6-14(13(2)9-12)17-11-15(10-16-3)7-4-8-15/h5-6,9,16-17H,4,7-8,10-11H2,1-3H3. The fourth-order valence-electron chi connectivity index (χ4n) is 2.76. The molecule has 0 saturated heterocycles. The molecule has 2 nitrogen and oxygen atoms in total. The molecule has 0 aromatic heterocycles. The van der Waals surface area contributed by atoms with Crippen molar-refractivity contribution in [1.29, 1.82) is 0 Å². The van der Waals surface area contributed by atoms with Crippen molar-refractivity contribution in [1.82, 2.24) is 5.32 Å². The van der Waals surface area contributed by atoms with Crippen LogP contribution in [0.1, 0.15) is 30.4 Å². The Kier molecular flexibility index (Phi) is 3.72. The molecular weight excluding hydrogens is 208 g/mol. The van der Waals surface area contributed by atoms with Gasteiger partial charge in [0.2, 0.25) is 0 Å².